The third kappa shape index (κ3) is 3.71. The number of nitrogens with zero attached hydrogens (tertiary/aromatic N) is 2. The standard InChI is InChI=1S/C17H15BrN2O/c1-12(21)16-7-6-15(9-17(16)18)20(2)11-14-5-3-4-13(8-14)10-19/h3-9H,11H2,1-2H3. The van der Waals surface area contributed by atoms with E-state index in [4.69, 9.17) is 5.26 Å². The van der Waals surface area contributed by atoms with Gasteiger partial charge in [-0.15, -0.1) is 0 Å². The van der Waals surface area contributed by atoms with Crippen LogP contribution in [0.4, 0.5) is 5.69 Å². The Kier molecular flexibility index (Phi) is 4.77. The van der Waals surface area contributed by atoms with Gasteiger partial charge in [0.25, 0.3) is 0 Å². The van der Waals surface area contributed by atoms with Crippen LogP contribution in [0.1, 0.15) is 28.4 Å². The number of hydrogen-bond acceptors (Lipinski definition) is 3. The third-order valence-corrected chi connectivity index (χ3v) is 3.90. The summed E-state index contributed by atoms with van der Waals surface area (Å²) in [6, 6.07) is 15.4. The van der Waals surface area contributed by atoms with E-state index in [2.05, 4.69) is 26.9 Å². The van der Waals surface area contributed by atoms with Gasteiger partial charge in [-0.05, 0) is 58.7 Å². The Morgan fingerprint density at radius 1 is 1.29 bits per heavy atom. The van der Waals surface area contributed by atoms with Crippen LogP contribution in [0.15, 0.2) is 46.9 Å². The van der Waals surface area contributed by atoms with Gasteiger partial charge in [0.1, 0.15) is 0 Å². The second kappa shape index (κ2) is 6.55. The lowest BCUT2D eigenvalue weighted by Gasteiger charge is -2.20. The molecule has 106 valence electrons. The Labute approximate surface area is 132 Å². The lowest BCUT2D eigenvalue weighted by molar-refractivity contribution is 0.101. The summed E-state index contributed by atoms with van der Waals surface area (Å²) in [6.45, 7) is 2.25. The van der Waals surface area contributed by atoms with Crippen LogP contribution in [-0.2, 0) is 6.54 Å². The Hall–Kier alpha value is -2.12. The zero-order valence-electron chi connectivity index (χ0n) is 11.9. The molecular weight excluding hydrogens is 328 g/mol. The average Bonchev–Trinajstić information content (AvgIpc) is 2.46. The van der Waals surface area contributed by atoms with Gasteiger partial charge >= 0.3 is 0 Å². The molecule has 0 aliphatic rings. The molecule has 0 aliphatic carbocycles. The highest BCUT2D eigenvalue weighted by atomic mass is 79.9. The van der Waals surface area contributed by atoms with Gasteiger partial charge in [-0.2, -0.15) is 5.26 Å². The molecule has 0 radical (unpaired) electrons. The van der Waals surface area contributed by atoms with Crippen LogP contribution in [0.5, 0.6) is 0 Å². The molecule has 2 rings (SSSR count). The SMILES string of the molecule is CC(=O)c1ccc(N(C)Cc2cccc(C#N)c2)cc1Br. The average molecular weight is 343 g/mol. The van der Waals surface area contributed by atoms with Crippen molar-refractivity contribution in [1.82, 2.24) is 0 Å². The number of Topliss-reactive ketones (excluding diaryl/α,β-unsaturated/α-hetero) is 1. The molecule has 0 fully saturated rings. The fraction of sp³-hybridized carbons (Fsp3) is 0.176. The van der Waals surface area contributed by atoms with Crippen molar-refractivity contribution in [2.45, 2.75) is 13.5 Å². The van der Waals surface area contributed by atoms with Crippen LogP contribution in [0.3, 0.4) is 0 Å². The number of halogens is 1. The maximum Gasteiger partial charge on any atom is 0.160 e. The third-order valence-electron chi connectivity index (χ3n) is 3.25. The van der Waals surface area contributed by atoms with Crippen molar-refractivity contribution in [1.29, 1.82) is 5.26 Å². The summed E-state index contributed by atoms with van der Waals surface area (Å²) in [5.41, 5.74) is 3.42. The van der Waals surface area contributed by atoms with E-state index in [0.29, 0.717) is 17.7 Å². The van der Waals surface area contributed by atoms with Crippen molar-refractivity contribution >= 4 is 27.4 Å². The first-order valence-electron chi connectivity index (χ1n) is 6.52. The Morgan fingerprint density at radius 3 is 2.67 bits per heavy atom. The van der Waals surface area contributed by atoms with Gasteiger partial charge in [-0.1, -0.05) is 12.1 Å². The summed E-state index contributed by atoms with van der Waals surface area (Å²) >= 11 is 3.43. The lowest BCUT2D eigenvalue weighted by Crippen LogP contribution is -2.16. The van der Waals surface area contributed by atoms with Gasteiger partial charge in [-0.25, -0.2) is 0 Å². The first-order chi connectivity index (χ1) is 10.0. The van der Waals surface area contributed by atoms with E-state index in [9.17, 15) is 4.79 Å². The van der Waals surface area contributed by atoms with Gasteiger partial charge in [0, 0.05) is 29.3 Å². The minimum atomic E-state index is 0.0396. The summed E-state index contributed by atoms with van der Waals surface area (Å²) in [5, 5.41) is 8.93. The van der Waals surface area contributed by atoms with Gasteiger partial charge in [-0.3, -0.25) is 4.79 Å². The van der Waals surface area contributed by atoms with Crippen LogP contribution >= 0.6 is 15.9 Å². The van der Waals surface area contributed by atoms with Crippen molar-refractivity contribution in [2.75, 3.05) is 11.9 Å². The number of rotatable bonds is 4. The summed E-state index contributed by atoms with van der Waals surface area (Å²) in [6.07, 6.45) is 0. The Bertz CT molecular complexity index is 719. The molecule has 0 saturated heterocycles. The Morgan fingerprint density at radius 2 is 2.05 bits per heavy atom. The van der Waals surface area contributed by atoms with E-state index in [1.54, 1.807) is 13.0 Å². The molecule has 3 nitrogen and oxygen atoms in total. The molecule has 0 amide bonds. The highest BCUT2D eigenvalue weighted by Gasteiger charge is 2.09. The van der Waals surface area contributed by atoms with E-state index >= 15 is 0 Å². The molecule has 0 unspecified atom stereocenters. The molecule has 0 saturated carbocycles. The molecule has 0 aromatic heterocycles. The topological polar surface area (TPSA) is 44.1 Å². The normalized spacial score (nSPS) is 10.0. The van der Waals surface area contributed by atoms with Crippen LogP contribution in [0.2, 0.25) is 0 Å². The van der Waals surface area contributed by atoms with Gasteiger partial charge in [0.05, 0.1) is 11.6 Å². The zero-order chi connectivity index (χ0) is 15.4. The molecule has 0 heterocycles. The van der Waals surface area contributed by atoms with E-state index in [1.165, 1.54) is 0 Å². The molecule has 4 heteroatoms. The van der Waals surface area contributed by atoms with Gasteiger partial charge in [0.2, 0.25) is 0 Å². The van der Waals surface area contributed by atoms with Crippen LogP contribution in [0, 0.1) is 11.3 Å². The fourth-order valence-electron chi connectivity index (χ4n) is 2.13. The van der Waals surface area contributed by atoms with Crippen molar-refractivity contribution < 1.29 is 4.79 Å². The van der Waals surface area contributed by atoms with E-state index in [-0.39, 0.29) is 5.78 Å². The number of benzene rings is 2. The molecule has 0 bridgehead atoms. The molecular formula is C17H15BrN2O. The highest BCUT2D eigenvalue weighted by molar-refractivity contribution is 9.10. The van der Waals surface area contributed by atoms with Gasteiger partial charge in [0.15, 0.2) is 5.78 Å². The highest BCUT2D eigenvalue weighted by Crippen LogP contribution is 2.25. The second-order valence-electron chi connectivity index (χ2n) is 4.89. The predicted octanol–water partition coefficient (Wildman–Crippen LogP) is 4.16. The summed E-state index contributed by atoms with van der Waals surface area (Å²) in [5.74, 6) is 0.0396. The second-order valence-corrected chi connectivity index (χ2v) is 5.74. The minimum Gasteiger partial charge on any atom is -0.370 e. The number of nitriles is 1. The lowest BCUT2D eigenvalue weighted by atomic mass is 10.1. The molecule has 0 N–H and O–H groups in total. The van der Waals surface area contributed by atoms with E-state index < -0.39 is 0 Å². The molecule has 0 atom stereocenters. The molecule has 0 aliphatic heterocycles. The first-order valence-corrected chi connectivity index (χ1v) is 7.31. The van der Waals surface area contributed by atoms with Crippen LogP contribution in [0.25, 0.3) is 0 Å². The zero-order valence-corrected chi connectivity index (χ0v) is 13.5. The monoisotopic (exact) mass is 342 g/mol. The quantitative estimate of drug-likeness (QED) is 0.783. The van der Waals surface area contributed by atoms with E-state index in [1.807, 2.05) is 43.4 Å². The summed E-state index contributed by atoms with van der Waals surface area (Å²) < 4.78 is 0.796. The van der Waals surface area contributed by atoms with Crippen LogP contribution in [-0.4, -0.2) is 12.8 Å². The summed E-state index contributed by atoms with van der Waals surface area (Å²) in [4.78, 5) is 13.5. The number of carbonyl (C=O) groups is 1. The Balaban J connectivity index is 2.20. The number of hydrogen-bond donors (Lipinski definition) is 0. The minimum absolute atomic E-state index is 0.0396. The number of carbonyl (C=O) groups excluding carboxylic acids is 1. The smallest absolute Gasteiger partial charge is 0.160 e. The van der Waals surface area contributed by atoms with Crippen molar-refractivity contribution in [2.24, 2.45) is 0 Å². The van der Waals surface area contributed by atoms with E-state index in [0.717, 1.165) is 15.7 Å². The van der Waals surface area contributed by atoms with Gasteiger partial charge < -0.3 is 4.90 Å². The van der Waals surface area contributed by atoms with Crippen molar-refractivity contribution in [3.05, 3.63) is 63.6 Å². The maximum atomic E-state index is 11.4. The summed E-state index contributed by atoms with van der Waals surface area (Å²) in [7, 11) is 1.98. The predicted molar refractivity (Wildman–Crippen MR) is 87.4 cm³/mol. The molecule has 0 spiro atoms. The largest absolute Gasteiger partial charge is 0.370 e. The van der Waals surface area contributed by atoms with Crippen molar-refractivity contribution in [3.8, 4) is 6.07 Å². The molecule has 2 aromatic rings. The molecule has 21 heavy (non-hydrogen) atoms. The maximum absolute atomic E-state index is 11.4. The first kappa shape index (κ1) is 15.3. The number of ketones is 1. The number of anilines is 1. The fourth-order valence-corrected chi connectivity index (χ4v) is 2.78. The van der Waals surface area contributed by atoms with Crippen LogP contribution < -0.4 is 4.90 Å². The van der Waals surface area contributed by atoms with Crippen molar-refractivity contribution in [3.63, 3.8) is 0 Å². The molecule has 2 aromatic carbocycles.